The molecular weight excluding hydrogens is 422 g/mol. The molecule has 0 heterocycles. The average molecular weight is 452 g/mol. The summed E-state index contributed by atoms with van der Waals surface area (Å²) in [5, 5.41) is 2.95. The lowest BCUT2D eigenvalue weighted by Crippen LogP contribution is -2.32. The number of hydrogen-bond acceptors (Lipinski definition) is 4. The van der Waals surface area contributed by atoms with Crippen LogP contribution < -0.4 is 14.9 Å². The molecule has 0 fully saturated rings. The van der Waals surface area contributed by atoms with Gasteiger partial charge in [-0.15, -0.1) is 0 Å². The van der Waals surface area contributed by atoms with E-state index in [1.807, 2.05) is 72.6 Å². The zero-order valence-electron chi connectivity index (χ0n) is 18.6. The first-order chi connectivity index (χ1) is 15.3. The summed E-state index contributed by atoms with van der Waals surface area (Å²) in [5.74, 6) is -0.355. The summed E-state index contributed by atoms with van der Waals surface area (Å²) < 4.78 is 27.3. The Labute approximate surface area is 190 Å². The first kappa shape index (κ1) is 23.5. The van der Waals surface area contributed by atoms with Crippen molar-refractivity contribution < 1.29 is 13.2 Å². The van der Waals surface area contributed by atoms with Crippen LogP contribution in [0.5, 0.6) is 0 Å². The van der Waals surface area contributed by atoms with E-state index in [1.165, 1.54) is 0 Å². The minimum absolute atomic E-state index is 0.134. The second-order valence-electron chi connectivity index (χ2n) is 7.89. The zero-order chi connectivity index (χ0) is 23.1. The maximum absolute atomic E-state index is 13.0. The zero-order valence-corrected chi connectivity index (χ0v) is 19.4. The van der Waals surface area contributed by atoms with Gasteiger partial charge in [0.05, 0.1) is 17.0 Å². The van der Waals surface area contributed by atoms with Gasteiger partial charge in [0.25, 0.3) is 5.91 Å². The molecule has 3 aromatic carbocycles. The molecule has 0 unspecified atom stereocenters. The van der Waals surface area contributed by atoms with Crippen molar-refractivity contribution in [2.75, 3.05) is 11.9 Å². The SMILES string of the molecule is CC(C)NS(=O)(=O)Cc1ccccc1CNC(=O)c1ccccc1N(C)c1ccccc1. The van der Waals surface area contributed by atoms with Gasteiger partial charge in [-0.2, -0.15) is 0 Å². The normalized spacial score (nSPS) is 11.4. The number of benzene rings is 3. The van der Waals surface area contributed by atoms with Crippen molar-refractivity contribution in [2.45, 2.75) is 32.2 Å². The summed E-state index contributed by atoms with van der Waals surface area (Å²) in [7, 11) is -1.55. The fourth-order valence-electron chi connectivity index (χ4n) is 3.50. The number of amides is 1. The van der Waals surface area contributed by atoms with Gasteiger partial charge in [0.15, 0.2) is 0 Å². The number of sulfonamides is 1. The monoisotopic (exact) mass is 451 g/mol. The van der Waals surface area contributed by atoms with Crippen LogP contribution in [0.3, 0.4) is 0 Å². The highest BCUT2D eigenvalue weighted by Crippen LogP contribution is 2.26. The minimum atomic E-state index is -3.47. The van der Waals surface area contributed by atoms with Crippen LogP contribution >= 0.6 is 0 Å². The van der Waals surface area contributed by atoms with E-state index in [0.717, 1.165) is 16.9 Å². The molecule has 0 aliphatic carbocycles. The van der Waals surface area contributed by atoms with Crippen LogP contribution in [0.25, 0.3) is 0 Å². The molecule has 0 saturated heterocycles. The van der Waals surface area contributed by atoms with Crippen LogP contribution in [-0.4, -0.2) is 27.4 Å². The minimum Gasteiger partial charge on any atom is -0.348 e. The van der Waals surface area contributed by atoms with Crippen molar-refractivity contribution in [3.05, 3.63) is 95.6 Å². The Kier molecular flexibility index (Phi) is 7.66. The van der Waals surface area contributed by atoms with Gasteiger partial charge in [0.1, 0.15) is 0 Å². The molecule has 0 aliphatic rings. The smallest absolute Gasteiger partial charge is 0.253 e. The molecule has 0 atom stereocenters. The highest BCUT2D eigenvalue weighted by molar-refractivity contribution is 7.88. The van der Waals surface area contributed by atoms with Gasteiger partial charge in [0, 0.05) is 25.3 Å². The molecule has 0 aliphatic heterocycles. The summed E-state index contributed by atoms with van der Waals surface area (Å²) in [5.41, 5.74) is 3.74. The fraction of sp³-hybridized carbons (Fsp3) is 0.240. The largest absolute Gasteiger partial charge is 0.348 e. The van der Waals surface area contributed by atoms with Crippen LogP contribution in [0.4, 0.5) is 11.4 Å². The van der Waals surface area contributed by atoms with E-state index in [1.54, 1.807) is 32.0 Å². The topological polar surface area (TPSA) is 78.5 Å². The van der Waals surface area contributed by atoms with Crippen molar-refractivity contribution in [3.63, 3.8) is 0 Å². The summed E-state index contributed by atoms with van der Waals surface area (Å²) in [6.45, 7) is 3.80. The number of anilines is 2. The van der Waals surface area contributed by atoms with Crippen molar-refractivity contribution in [2.24, 2.45) is 0 Å². The lowest BCUT2D eigenvalue weighted by molar-refractivity contribution is 0.0951. The van der Waals surface area contributed by atoms with Crippen LogP contribution in [0.1, 0.15) is 35.3 Å². The molecule has 7 heteroatoms. The molecule has 168 valence electrons. The lowest BCUT2D eigenvalue weighted by atomic mass is 10.1. The number of rotatable bonds is 9. The van der Waals surface area contributed by atoms with Crippen LogP contribution in [0.2, 0.25) is 0 Å². The van der Waals surface area contributed by atoms with Gasteiger partial charge in [0.2, 0.25) is 10.0 Å². The molecule has 32 heavy (non-hydrogen) atoms. The number of nitrogens with zero attached hydrogens (tertiary/aromatic N) is 1. The van der Waals surface area contributed by atoms with Crippen LogP contribution in [0.15, 0.2) is 78.9 Å². The predicted molar refractivity (Wildman–Crippen MR) is 129 cm³/mol. The molecule has 0 saturated carbocycles. The molecule has 6 nitrogen and oxygen atoms in total. The van der Waals surface area contributed by atoms with Gasteiger partial charge < -0.3 is 10.2 Å². The standard InChI is InChI=1S/C25H29N3O3S/c1-19(2)27-32(30,31)18-21-12-8-7-11-20(21)17-26-25(29)23-15-9-10-16-24(23)28(3)22-13-5-4-6-14-22/h4-16,19,27H,17-18H2,1-3H3,(H,26,29). The van der Waals surface area contributed by atoms with Gasteiger partial charge >= 0.3 is 0 Å². The number of hydrogen-bond donors (Lipinski definition) is 2. The summed E-state index contributed by atoms with van der Waals surface area (Å²) in [6, 6.07) is 24.3. The van der Waals surface area contributed by atoms with E-state index in [0.29, 0.717) is 11.1 Å². The number of para-hydroxylation sites is 2. The first-order valence-electron chi connectivity index (χ1n) is 10.5. The summed E-state index contributed by atoms with van der Waals surface area (Å²) >= 11 is 0. The van der Waals surface area contributed by atoms with E-state index in [-0.39, 0.29) is 24.2 Å². The van der Waals surface area contributed by atoms with Crippen LogP contribution in [0, 0.1) is 0 Å². The Balaban J connectivity index is 1.77. The van der Waals surface area contributed by atoms with Crippen molar-refractivity contribution in [1.82, 2.24) is 10.0 Å². The first-order valence-corrected chi connectivity index (χ1v) is 12.1. The molecule has 0 aromatic heterocycles. The quantitative estimate of drug-likeness (QED) is 0.511. The molecule has 3 aromatic rings. The maximum Gasteiger partial charge on any atom is 0.253 e. The third-order valence-electron chi connectivity index (χ3n) is 4.97. The summed E-state index contributed by atoms with van der Waals surface area (Å²) in [6.07, 6.45) is 0. The molecule has 1 amide bonds. The second-order valence-corrected chi connectivity index (χ2v) is 9.65. The Bertz CT molecular complexity index is 1160. The number of carbonyl (C=O) groups excluding carboxylic acids is 1. The molecular formula is C25H29N3O3S. The number of carbonyl (C=O) groups is 1. The Morgan fingerprint density at radius 3 is 2.16 bits per heavy atom. The second kappa shape index (κ2) is 10.4. The highest BCUT2D eigenvalue weighted by Gasteiger charge is 2.17. The van der Waals surface area contributed by atoms with Gasteiger partial charge in [-0.3, -0.25) is 4.79 Å². The lowest BCUT2D eigenvalue weighted by Gasteiger charge is -2.22. The van der Waals surface area contributed by atoms with Crippen molar-refractivity contribution in [1.29, 1.82) is 0 Å². The molecule has 0 bridgehead atoms. The third kappa shape index (κ3) is 6.18. The average Bonchev–Trinajstić information content (AvgIpc) is 2.77. The van der Waals surface area contributed by atoms with E-state index < -0.39 is 10.0 Å². The van der Waals surface area contributed by atoms with E-state index >= 15 is 0 Å². The summed E-state index contributed by atoms with van der Waals surface area (Å²) in [4.78, 5) is 15.0. The predicted octanol–water partition coefficient (Wildman–Crippen LogP) is 4.21. The maximum atomic E-state index is 13.0. The van der Waals surface area contributed by atoms with Gasteiger partial charge in [-0.25, -0.2) is 13.1 Å². The van der Waals surface area contributed by atoms with E-state index in [2.05, 4.69) is 10.0 Å². The number of nitrogens with one attached hydrogen (secondary N) is 2. The Hall–Kier alpha value is -3.16. The van der Waals surface area contributed by atoms with E-state index in [4.69, 9.17) is 0 Å². The van der Waals surface area contributed by atoms with Gasteiger partial charge in [-0.05, 0) is 49.2 Å². The Morgan fingerprint density at radius 1 is 0.875 bits per heavy atom. The van der Waals surface area contributed by atoms with Crippen LogP contribution in [-0.2, 0) is 22.3 Å². The molecule has 2 N–H and O–H groups in total. The third-order valence-corrected chi connectivity index (χ3v) is 6.49. The van der Waals surface area contributed by atoms with E-state index in [9.17, 15) is 13.2 Å². The van der Waals surface area contributed by atoms with Crippen molar-refractivity contribution in [3.8, 4) is 0 Å². The van der Waals surface area contributed by atoms with Crippen molar-refractivity contribution >= 4 is 27.3 Å². The molecule has 0 radical (unpaired) electrons. The van der Waals surface area contributed by atoms with Gasteiger partial charge in [-0.1, -0.05) is 54.6 Å². The Morgan fingerprint density at radius 2 is 1.47 bits per heavy atom. The fourth-order valence-corrected chi connectivity index (χ4v) is 4.99. The highest BCUT2D eigenvalue weighted by atomic mass is 32.2. The molecule has 3 rings (SSSR count). The molecule has 0 spiro atoms.